The molecule has 2 aromatic rings. The van der Waals surface area contributed by atoms with Crippen LogP contribution in [0.15, 0.2) is 12.1 Å². The largest absolute Gasteiger partial charge is 0.497 e. The third kappa shape index (κ3) is 4.41. The van der Waals surface area contributed by atoms with E-state index in [-0.39, 0.29) is 11.4 Å². The number of imidazole rings is 1. The molecule has 1 amide bonds. The smallest absolute Gasteiger partial charge is 0.234 e. The van der Waals surface area contributed by atoms with Crippen LogP contribution < -0.4 is 14.8 Å². The third-order valence-corrected chi connectivity index (χ3v) is 6.33. The van der Waals surface area contributed by atoms with Crippen molar-refractivity contribution in [3.63, 3.8) is 0 Å². The molecule has 4 rings (SSSR count). The summed E-state index contributed by atoms with van der Waals surface area (Å²) >= 11 is 0. The van der Waals surface area contributed by atoms with Gasteiger partial charge in [0.15, 0.2) is 0 Å². The van der Waals surface area contributed by atoms with Crippen molar-refractivity contribution in [2.45, 2.75) is 70.5 Å². The molecule has 2 N–H and O–H groups in total. The molecule has 0 spiro atoms. The zero-order valence-corrected chi connectivity index (χ0v) is 18.7. The molecule has 164 valence electrons. The number of benzene rings is 1. The summed E-state index contributed by atoms with van der Waals surface area (Å²) in [6.45, 7) is 6.61. The number of ether oxygens (including phenoxy) is 2. The summed E-state index contributed by atoms with van der Waals surface area (Å²) in [4.78, 5) is 23.2. The van der Waals surface area contributed by atoms with Gasteiger partial charge in [0.05, 0.1) is 26.3 Å². The molecular weight excluding hydrogens is 380 g/mol. The van der Waals surface area contributed by atoms with Crippen LogP contribution in [0.4, 0.5) is 0 Å². The van der Waals surface area contributed by atoms with E-state index in [4.69, 9.17) is 14.5 Å². The van der Waals surface area contributed by atoms with Crippen LogP contribution in [-0.4, -0.2) is 59.2 Å². The summed E-state index contributed by atoms with van der Waals surface area (Å²) in [7, 11) is 3.31. The minimum absolute atomic E-state index is 0.135. The Morgan fingerprint density at radius 2 is 1.90 bits per heavy atom. The van der Waals surface area contributed by atoms with Crippen LogP contribution in [-0.2, 0) is 11.2 Å². The van der Waals surface area contributed by atoms with E-state index in [2.05, 4.69) is 15.2 Å². The Morgan fingerprint density at radius 1 is 1.20 bits per heavy atom. The van der Waals surface area contributed by atoms with Crippen molar-refractivity contribution in [1.29, 1.82) is 0 Å². The average Bonchev–Trinajstić information content (AvgIpc) is 3.16. The molecule has 7 heteroatoms. The first-order valence-electron chi connectivity index (χ1n) is 10.9. The molecule has 2 saturated heterocycles. The summed E-state index contributed by atoms with van der Waals surface area (Å²) in [5.74, 6) is 3.20. The lowest BCUT2D eigenvalue weighted by atomic mass is 9.88. The standard InChI is InChI=1S/C23H34N4O3/c1-23(2,3)26-21(28)13-27-15-6-7-16(27)9-14(8-15)10-20-24-18-11-17(29-4)12-19(30-5)22(18)25-20/h11-12,14-16H,6-10,13H2,1-5H3,(H,24,25)(H,26,28)/t14-,15-,16+. The van der Waals surface area contributed by atoms with Crippen LogP contribution in [0.5, 0.6) is 11.5 Å². The number of aromatic nitrogens is 2. The Hall–Kier alpha value is -2.28. The second-order valence-electron chi connectivity index (χ2n) is 9.81. The first-order valence-corrected chi connectivity index (χ1v) is 10.9. The zero-order valence-electron chi connectivity index (χ0n) is 18.7. The van der Waals surface area contributed by atoms with Gasteiger partial charge < -0.3 is 19.8 Å². The molecule has 2 fully saturated rings. The number of hydrogen-bond acceptors (Lipinski definition) is 5. The van der Waals surface area contributed by atoms with Crippen molar-refractivity contribution in [1.82, 2.24) is 20.2 Å². The van der Waals surface area contributed by atoms with E-state index in [1.54, 1.807) is 14.2 Å². The van der Waals surface area contributed by atoms with Gasteiger partial charge in [0, 0.05) is 36.2 Å². The number of fused-ring (bicyclic) bond motifs is 3. The molecule has 2 bridgehead atoms. The SMILES string of the molecule is COc1cc(OC)c2nc(C[C@@H]3C[C@H]4CC[C@@H](C3)N4CC(=O)NC(C)(C)C)[nH]c2c1. The predicted octanol–water partition coefficient (Wildman–Crippen LogP) is 3.28. The maximum atomic E-state index is 12.4. The van der Waals surface area contributed by atoms with Gasteiger partial charge in [-0.25, -0.2) is 4.98 Å². The molecule has 2 aliphatic rings. The molecule has 2 aliphatic heterocycles. The number of carbonyl (C=O) groups excluding carboxylic acids is 1. The molecule has 0 unspecified atom stereocenters. The number of piperidine rings is 1. The van der Waals surface area contributed by atoms with E-state index < -0.39 is 0 Å². The van der Waals surface area contributed by atoms with Gasteiger partial charge in [0.25, 0.3) is 0 Å². The second kappa shape index (κ2) is 8.10. The van der Waals surface area contributed by atoms with Gasteiger partial charge in [-0.05, 0) is 52.4 Å². The monoisotopic (exact) mass is 414 g/mol. The lowest BCUT2D eigenvalue weighted by Gasteiger charge is -2.38. The van der Waals surface area contributed by atoms with Gasteiger partial charge in [-0.15, -0.1) is 0 Å². The predicted molar refractivity (Wildman–Crippen MR) is 117 cm³/mol. The van der Waals surface area contributed by atoms with E-state index in [1.165, 1.54) is 12.8 Å². The van der Waals surface area contributed by atoms with Crippen molar-refractivity contribution in [2.24, 2.45) is 5.92 Å². The van der Waals surface area contributed by atoms with E-state index in [9.17, 15) is 4.79 Å². The van der Waals surface area contributed by atoms with E-state index in [0.717, 1.165) is 47.6 Å². The Kier molecular flexibility index (Phi) is 5.66. The highest BCUT2D eigenvalue weighted by Crippen LogP contribution is 2.40. The van der Waals surface area contributed by atoms with Crippen molar-refractivity contribution in [3.05, 3.63) is 18.0 Å². The van der Waals surface area contributed by atoms with Crippen LogP contribution in [0.25, 0.3) is 11.0 Å². The van der Waals surface area contributed by atoms with E-state index in [0.29, 0.717) is 24.5 Å². The topological polar surface area (TPSA) is 79.5 Å². The number of nitrogens with one attached hydrogen (secondary N) is 2. The molecule has 0 radical (unpaired) electrons. The molecule has 7 nitrogen and oxygen atoms in total. The molecule has 1 aromatic carbocycles. The Labute approximate surface area is 178 Å². The average molecular weight is 415 g/mol. The molecule has 0 saturated carbocycles. The highest BCUT2D eigenvalue weighted by molar-refractivity contribution is 5.83. The second-order valence-corrected chi connectivity index (χ2v) is 9.81. The molecule has 3 atom stereocenters. The summed E-state index contributed by atoms with van der Waals surface area (Å²) in [6.07, 6.45) is 5.55. The van der Waals surface area contributed by atoms with Crippen LogP contribution >= 0.6 is 0 Å². The summed E-state index contributed by atoms with van der Waals surface area (Å²) in [6, 6.07) is 4.83. The molecule has 0 aliphatic carbocycles. The van der Waals surface area contributed by atoms with Crippen molar-refractivity contribution < 1.29 is 14.3 Å². The van der Waals surface area contributed by atoms with Crippen LogP contribution in [0.2, 0.25) is 0 Å². The quantitative estimate of drug-likeness (QED) is 0.758. The molecule has 1 aromatic heterocycles. The first kappa shape index (κ1) is 21.0. The summed E-state index contributed by atoms with van der Waals surface area (Å²) in [5, 5.41) is 3.10. The Balaban J connectivity index is 1.42. The third-order valence-electron chi connectivity index (χ3n) is 6.33. The number of amides is 1. The van der Waals surface area contributed by atoms with Gasteiger partial charge in [-0.2, -0.15) is 0 Å². The Bertz CT molecular complexity index is 903. The van der Waals surface area contributed by atoms with Crippen molar-refractivity contribution >= 4 is 16.9 Å². The number of hydrogen-bond donors (Lipinski definition) is 2. The maximum Gasteiger partial charge on any atom is 0.234 e. The van der Waals surface area contributed by atoms with Gasteiger partial charge in [-0.1, -0.05) is 0 Å². The van der Waals surface area contributed by atoms with Gasteiger partial charge >= 0.3 is 0 Å². The molecular formula is C23H34N4O3. The number of rotatable bonds is 6. The normalized spacial score (nSPS) is 24.2. The fraction of sp³-hybridized carbons (Fsp3) is 0.652. The number of aromatic amines is 1. The lowest BCUT2D eigenvalue weighted by Crippen LogP contribution is -2.51. The lowest BCUT2D eigenvalue weighted by molar-refractivity contribution is -0.125. The summed E-state index contributed by atoms with van der Waals surface area (Å²) < 4.78 is 10.9. The van der Waals surface area contributed by atoms with E-state index in [1.807, 2.05) is 32.9 Å². The van der Waals surface area contributed by atoms with Crippen LogP contribution in [0, 0.1) is 5.92 Å². The maximum absolute atomic E-state index is 12.4. The zero-order chi connectivity index (χ0) is 21.5. The van der Waals surface area contributed by atoms with Gasteiger partial charge in [0.2, 0.25) is 5.91 Å². The number of carbonyl (C=O) groups is 1. The Morgan fingerprint density at radius 3 is 2.50 bits per heavy atom. The highest BCUT2D eigenvalue weighted by atomic mass is 16.5. The van der Waals surface area contributed by atoms with Crippen molar-refractivity contribution in [3.8, 4) is 11.5 Å². The number of methoxy groups -OCH3 is 2. The molecule has 30 heavy (non-hydrogen) atoms. The minimum atomic E-state index is -0.181. The fourth-order valence-corrected chi connectivity index (χ4v) is 5.19. The van der Waals surface area contributed by atoms with Gasteiger partial charge in [-0.3, -0.25) is 9.69 Å². The van der Waals surface area contributed by atoms with Gasteiger partial charge in [0.1, 0.15) is 22.8 Å². The summed E-state index contributed by atoms with van der Waals surface area (Å²) in [5.41, 5.74) is 1.62. The minimum Gasteiger partial charge on any atom is -0.497 e. The number of nitrogens with zero attached hydrogens (tertiary/aromatic N) is 2. The van der Waals surface area contributed by atoms with Crippen molar-refractivity contribution in [2.75, 3.05) is 20.8 Å². The van der Waals surface area contributed by atoms with E-state index >= 15 is 0 Å². The van der Waals surface area contributed by atoms with Crippen LogP contribution in [0.3, 0.4) is 0 Å². The van der Waals surface area contributed by atoms with Crippen LogP contribution in [0.1, 0.15) is 52.3 Å². The molecule has 3 heterocycles. The number of H-pyrrole nitrogens is 1. The first-order chi connectivity index (χ1) is 14.3. The fourth-order valence-electron chi connectivity index (χ4n) is 5.19. The highest BCUT2D eigenvalue weighted by Gasteiger charge is 2.41.